The fraction of sp³-hybridized carbons (Fsp3) is 0.375. The van der Waals surface area contributed by atoms with Crippen molar-refractivity contribution < 1.29 is 24.8 Å². The lowest BCUT2D eigenvalue weighted by atomic mass is 10.1. The molecule has 0 spiro atoms. The molecule has 0 fully saturated rings. The highest BCUT2D eigenvalue weighted by atomic mass is 16.5. The number of fused-ring (bicyclic) bond motifs is 1. The van der Waals surface area contributed by atoms with E-state index in [2.05, 4.69) is 0 Å². The Labute approximate surface area is 123 Å². The third-order valence-corrected chi connectivity index (χ3v) is 2.89. The average Bonchev–Trinajstić information content (AvgIpc) is 2.43. The molecule has 114 valence electrons. The first-order valence-corrected chi connectivity index (χ1v) is 6.85. The Morgan fingerprint density at radius 3 is 2.14 bits per heavy atom. The second-order valence-electron chi connectivity index (χ2n) is 5.09. The van der Waals surface area contributed by atoms with Gasteiger partial charge >= 0.3 is 0 Å². The molecule has 5 heteroatoms. The SMILES string of the molecule is CC(O)COc1cc(O)c(OCC(C)O)c2ccccc12. The summed E-state index contributed by atoms with van der Waals surface area (Å²) in [5, 5.41) is 30.2. The largest absolute Gasteiger partial charge is 0.504 e. The predicted octanol–water partition coefficient (Wildman–Crippen LogP) is 2.06. The van der Waals surface area contributed by atoms with Gasteiger partial charge in [-0.1, -0.05) is 24.3 Å². The van der Waals surface area contributed by atoms with E-state index in [-0.39, 0.29) is 19.0 Å². The van der Waals surface area contributed by atoms with Crippen molar-refractivity contribution in [2.75, 3.05) is 13.2 Å². The molecule has 0 radical (unpaired) electrons. The predicted molar refractivity (Wildman–Crippen MR) is 80.0 cm³/mol. The van der Waals surface area contributed by atoms with Crippen molar-refractivity contribution in [1.29, 1.82) is 0 Å². The zero-order chi connectivity index (χ0) is 15.4. The first-order chi connectivity index (χ1) is 9.99. The normalized spacial score (nSPS) is 13.9. The van der Waals surface area contributed by atoms with E-state index in [9.17, 15) is 15.3 Å². The number of aliphatic hydroxyl groups excluding tert-OH is 2. The van der Waals surface area contributed by atoms with Crippen LogP contribution in [-0.4, -0.2) is 40.7 Å². The molecule has 0 aliphatic heterocycles. The molecule has 21 heavy (non-hydrogen) atoms. The van der Waals surface area contributed by atoms with E-state index in [1.54, 1.807) is 13.8 Å². The van der Waals surface area contributed by atoms with E-state index >= 15 is 0 Å². The van der Waals surface area contributed by atoms with Gasteiger partial charge in [0.1, 0.15) is 19.0 Å². The zero-order valence-electron chi connectivity index (χ0n) is 12.1. The summed E-state index contributed by atoms with van der Waals surface area (Å²) >= 11 is 0. The summed E-state index contributed by atoms with van der Waals surface area (Å²) in [5.74, 6) is 0.735. The number of hydrogen-bond donors (Lipinski definition) is 3. The Morgan fingerprint density at radius 1 is 0.952 bits per heavy atom. The van der Waals surface area contributed by atoms with Crippen LogP contribution in [-0.2, 0) is 0 Å². The first-order valence-electron chi connectivity index (χ1n) is 6.85. The van der Waals surface area contributed by atoms with E-state index in [1.165, 1.54) is 6.07 Å². The number of phenolic OH excluding ortho intramolecular Hbond substituents is 1. The minimum absolute atomic E-state index is 0.0602. The number of ether oxygens (including phenoxy) is 2. The van der Waals surface area contributed by atoms with Crippen LogP contribution in [0.2, 0.25) is 0 Å². The Kier molecular flexibility index (Phi) is 4.88. The van der Waals surface area contributed by atoms with E-state index in [0.29, 0.717) is 16.9 Å². The minimum atomic E-state index is -0.630. The van der Waals surface area contributed by atoms with Gasteiger partial charge in [-0.15, -0.1) is 0 Å². The molecule has 2 rings (SSSR count). The van der Waals surface area contributed by atoms with Crippen LogP contribution in [0.3, 0.4) is 0 Å². The molecule has 0 saturated carbocycles. The second-order valence-corrected chi connectivity index (χ2v) is 5.09. The molecule has 5 nitrogen and oxygen atoms in total. The minimum Gasteiger partial charge on any atom is -0.504 e. The molecule has 2 atom stereocenters. The third kappa shape index (κ3) is 3.77. The summed E-state index contributed by atoms with van der Waals surface area (Å²) in [6.07, 6.45) is -1.23. The number of rotatable bonds is 6. The molecule has 2 aromatic rings. The van der Waals surface area contributed by atoms with Crippen LogP contribution in [0.4, 0.5) is 0 Å². The Balaban J connectivity index is 2.42. The van der Waals surface area contributed by atoms with Gasteiger partial charge in [0.05, 0.1) is 12.2 Å². The lowest BCUT2D eigenvalue weighted by molar-refractivity contribution is 0.120. The van der Waals surface area contributed by atoms with Crippen LogP contribution >= 0.6 is 0 Å². The molecule has 0 bridgehead atoms. The first kappa shape index (κ1) is 15.4. The smallest absolute Gasteiger partial charge is 0.169 e. The number of aliphatic hydroxyl groups is 2. The summed E-state index contributed by atoms with van der Waals surface area (Å²) in [4.78, 5) is 0. The van der Waals surface area contributed by atoms with Gasteiger partial charge in [0, 0.05) is 16.8 Å². The van der Waals surface area contributed by atoms with Gasteiger partial charge in [0.15, 0.2) is 11.5 Å². The lowest BCUT2D eigenvalue weighted by Crippen LogP contribution is -2.14. The van der Waals surface area contributed by atoms with E-state index < -0.39 is 12.2 Å². The van der Waals surface area contributed by atoms with Crippen molar-refractivity contribution in [2.45, 2.75) is 26.1 Å². The second kappa shape index (κ2) is 6.65. The maximum Gasteiger partial charge on any atom is 0.169 e. The summed E-state index contributed by atoms with van der Waals surface area (Å²) in [7, 11) is 0. The van der Waals surface area contributed by atoms with Crippen LogP contribution in [0.15, 0.2) is 30.3 Å². The molecular formula is C16H20O5. The molecule has 0 amide bonds. The highest BCUT2D eigenvalue weighted by Gasteiger charge is 2.14. The molecule has 0 saturated heterocycles. The summed E-state index contributed by atoms with van der Waals surface area (Å²) < 4.78 is 11.0. The van der Waals surface area contributed by atoms with Gasteiger partial charge in [-0.25, -0.2) is 0 Å². The molecule has 0 heterocycles. The van der Waals surface area contributed by atoms with Crippen molar-refractivity contribution in [3.63, 3.8) is 0 Å². The molecule has 0 aromatic heterocycles. The monoisotopic (exact) mass is 292 g/mol. The summed E-state index contributed by atoms with van der Waals surface area (Å²) in [5.41, 5.74) is 0. The van der Waals surface area contributed by atoms with Gasteiger partial charge in [0.25, 0.3) is 0 Å². The number of phenols is 1. The standard InChI is InChI=1S/C16H20O5/c1-10(17)8-20-15-7-14(19)16(21-9-11(2)18)13-6-4-3-5-12(13)15/h3-7,10-11,17-19H,8-9H2,1-2H3. The highest BCUT2D eigenvalue weighted by Crippen LogP contribution is 2.40. The van der Waals surface area contributed by atoms with Gasteiger partial charge in [-0.2, -0.15) is 0 Å². The molecular weight excluding hydrogens is 272 g/mol. The Bertz CT molecular complexity index is 607. The molecule has 2 aromatic carbocycles. The van der Waals surface area contributed by atoms with Crippen molar-refractivity contribution in [3.8, 4) is 17.2 Å². The van der Waals surface area contributed by atoms with E-state index in [4.69, 9.17) is 9.47 Å². The number of benzene rings is 2. The zero-order valence-corrected chi connectivity index (χ0v) is 12.1. The van der Waals surface area contributed by atoms with Crippen LogP contribution in [0.1, 0.15) is 13.8 Å². The van der Waals surface area contributed by atoms with Crippen molar-refractivity contribution in [3.05, 3.63) is 30.3 Å². The van der Waals surface area contributed by atoms with E-state index in [1.807, 2.05) is 24.3 Å². The number of aromatic hydroxyl groups is 1. The van der Waals surface area contributed by atoms with Gasteiger partial charge in [0.2, 0.25) is 0 Å². The molecule has 3 N–H and O–H groups in total. The maximum atomic E-state index is 10.1. The maximum absolute atomic E-state index is 10.1. The Morgan fingerprint density at radius 2 is 1.52 bits per heavy atom. The fourth-order valence-electron chi connectivity index (χ4n) is 1.99. The molecule has 0 aliphatic rings. The topological polar surface area (TPSA) is 79.2 Å². The molecule has 0 aliphatic carbocycles. The highest BCUT2D eigenvalue weighted by molar-refractivity contribution is 5.95. The van der Waals surface area contributed by atoms with Crippen LogP contribution in [0.25, 0.3) is 10.8 Å². The average molecular weight is 292 g/mol. The van der Waals surface area contributed by atoms with Crippen molar-refractivity contribution >= 4 is 10.8 Å². The quantitative estimate of drug-likeness (QED) is 0.759. The third-order valence-electron chi connectivity index (χ3n) is 2.89. The van der Waals surface area contributed by atoms with Crippen LogP contribution in [0, 0.1) is 0 Å². The van der Waals surface area contributed by atoms with Gasteiger partial charge < -0.3 is 24.8 Å². The molecule has 2 unspecified atom stereocenters. The Hall–Kier alpha value is -1.98. The number of hydrogen-bond acceptors (Lipinski definition) is 5. The summed E-state index contributed by atoms with van der Waals surface area (Å²) in [6.45, 7) is 3.46. The summed E-state index contributed by atoms with van der Waals surface area (Å²) in [6, 6.07) is 8.80. The van der Waals surface area contributed by atoms with Crippen LogP contribution < -0.4 is 9.47 Å². The van der Waals surface area contributed by atoms with Crippen LogP contribution in [0.5, 0.6) is 17.2 Å². The fourth-order valence-corrected chi connectivity index (χ4v) is 1.99. The lowest BCUT2D eigenvalue weighted by Gasteiger charge is -2.16. The van der Waals surface area contributed by atoms with Gasteiger partial charge in [-0.05, 0) is 13.8 Å². The van der Waals surface area contributed by atoms with E-state index in [0.717, 1.165) is 5.39 Å². The van der Waals surface area contributed by atoms with Crippen molar-refractivity contribution in [2.24, 2.45) is 0 Å². The van der Waals surface area contributed by atoms with Gasteiger partial charge in [-0.3, -0.25) is 0 Å². The van der Waals surface area contributed by atoms with Crippen molar-refractivity contribution in [1.82, 2.24) is 0 Å².